The molecular formula is C23H40N2O5. The summed E-state index contributed by atoms with van der Waals surface area (Å²) in [6, 6.07) is 0. The largest absolute Gasteiger partial charge is 0.394 e. The normalized spacial score (nSPS) is 21.4. The van der Waals surface area contributed by atoms with Gasteiger partial charge in [-0.3, -0.25) is 14.3 Å². The van der Waals surface area contributed by atoms with E-state index in [2.05, 4.69) is 11.9 Å². The fourth-order valence-electron chi connectivity index (χ4n) is 4.13. The van der Waals surface area contributed by atoms with Gasteiger partial charge in [-0.2, -0.15) is 0 Å². The van der Waals surface area contributed by atoms with Gasteiger partial charge in [0, 0.05) is 18.2 Å². The number of aromatic amines is 1. The van der Waals surface area contributed by atoms with E-state index in [-0.39, 0.29) is 18.6 Å². The van der Waals surface area contributed by atoms with E-state index in [1.165, 1.54) is 68.8 Å². The molecule has 3 N–H and O–H groups in total. The third-order valence-electron chi connectivity index (χ3n) is 6.04. The fourth-order valence-corrected chi connectivity index (χ4v) is 4.13. The molecule has 0 aliphatic carbocycles. The average Bonchev–Trinajstić information content (AvgIpc) is 3.10. The Balaban J connectivity index is 1.67. The minimum absolute atomic E-state index is 0.217. The number of H-pyrrole nitrogens is 1. The molecule has 1 aliphatic rings. The van der Waals surface area contributed by atoms with Crippen molar-refractivity contribution in [3.8, 4) is 0 Å². The van der Waals surface area contributed by atoms with Crippen LogP contribution in [0.2, 0.25) is 0 Å². The van der Waals surface area contributed by atoms with Crippen molar-refractivity contribution >= 4 is 0 Å². The second-order valence-electron chi connectivity index (χ2n) is 8.57. The van der Waals surface area contributed by atoms with Gasteiger partial charge in [0.15, 0.2) is 0 Å². The van der Waals surface area contributed by atoms with Gasteiger partial charge in [-0.15, -0.1) is 0 Å². The first-order valence-corrected chi connectivity index (χ1v) is 11.9. The highest BCUT2D eigenvalue weighted by molar-refractivity contribution is 5.05. The Hall–Kier alpha value is -1.44. The number of aryl methyl sites for hydroxylation is 1. The summed E-state index contributed by atoms with van der Waals surface area (Å²) in [7, 11) is 0. The minimum Gasteiger partial charge on any atom is -0.394 e. The third-order valence-corrected chi connectivity index (χ3v) is 6.04. The van der Waals surface area contributed by atoms with Crippen LogP contribution in [-0.2, 0) is 11.2 Å². The van der Waals surface area contributed by atoms with Crippen molar-refractivity contribution < 1.29 is 14.9 Å². The van der Waals surface area contributed by atoms with Crippen LogP contribution in [0.5, 0.6) is 0 Å². The van der Waals surface area contributed by atoms with Crippen LogP contribution in [0.15, 0.2) is 15.8 Å². The standard InChI is InChI=1S/C23H40N2O5/c1-2-3-4-5-6-7-8-9-10-11-12-13-14-18-16-25(23(29)24-22(18)28)21-15-19(27)20(17-26)30-21/h16,19-21,26-27H,2-15,17H2,1H3,(H,24,28,29)/t19-,20+,21+/m0/s1. The Labute approximate surface area is 179 Å². The molecule has 0 saturated carbocycles. The van der Waals surface area contributed by atoms with Crippen LogP contribution in [0, 0.1) is 0 Å². The summed E-state index contributed by atoms with van der Waals surface area (Å²) in [6.45, 7) is 1.94. The summed E-state index contributed by atoms with van der Waals surface area (Å²) in [6.07, 6.45) is 15.3. The number of rotatable bonds is 15. The van der Waals surface area contributed by atoms with Crippen LogP contribution >= 0.6 is 0 Å². The fraction of sp³-hybridized carbons (Fsp3) is 0.826. The van der Waals surface area contributed by atoms with Crippen LogP contribution in [0.25, 0.3) is 0 Å². The number of aliphatic hydroxyl groups excluding tert-OH is 2. The van der Waals surface area contributed by atoms with E-state index >= 15 is 0 Å². The van der Waals surface area contributed by atoms with E-state index in [4.69, 9.17) is 4.74 Å². The van der Waals surface area contributed by atoms with Crippen molar-refractivity contribution in [2.24, 2.45) is 0 Å². The molecule has 3 atom stereocenters. The SMILES string of the molecule is CCCCCCCCCCCCCCc1cn([C@H]2C[C@H](O)[C@@H](CO)O2)c(=O)[nH]c1=O. The van der Waals surface area contributed by atoms with Gasteiger partial charge in [-0.25, -0.2) is 4.79 Å². The third kappa shape index (κ3) is 8.00. The smallest absolute Gasteiger partial charge is 0.330 e. The van der Waals surface area contributed by atoms with E-state index in [1.54, 1.807) is 6.20 Å². The zero-order valence-corrected chi connectivity index (χ0v) is 18.5. The lowest BCUT2D eigenvalue weighted by Crippen LogP contribution is -2.34. The summed E-state index contributed by atoms with van der Waals surface area (Å²) in [5.74, 6) is 0. The molecule has 1 aliphatic heterocycles. The Morgan fingerprint density at radius 1 is 1.00 bits per heavy atom. The maximum absolute atomic E-state index is 12.1. The minimum atomic E-state index is -0.821. The zero-order valence-electron chi connectivity index (χ0n) is 18.5. The van der Waals surface area contributed by atoms with E-state index in [0.29, 0.717) is 12.0 Å². The predicted molar refractivity (Wildman–Crippen MR) is 118 cm³/mol. The summed E-state index contributed by atoms with van der Waals surface area (Å²) >= 11 is 0. The Morgan fingerprint density at radius 2 is 1.57 bits per heavy atom. The first kappa shape index (κ1) is 24.8. The molecule has 7 nitrogen and oxygen atoms in total. The van der Waals surface area contributed by atoms with E-state index in [9.17, 15) is 19.8 Å². The number of nitrogens with one attached hydrogen (secondary N) is 1. The maximum atomic E-state index is 12.1. The highest BCUT2D eigenvalue weighted by atomic mass is 16.5. The van der Waals surface area contributed by atoms with Crippen molar-refractivity contribution in [3.05, 3.63) is 32.6 Å². The number of unbranched alkanes of at least 4 members (excludes halogenated alkanes) is 11. The Morgan fingerprint density at radius 3 is 2.10 bits per heavy atom. The number of aromatic nitrogens is 2. The maximum Gasteiger partial charge on any atom is 0.330 e. The summed E-state index contributed by atoms with van der Waals surface area (Å²) in [5.41, 5.74) is -0.335. The molecule has 172 valence electrons. The van der Waals surface area contributed by atoms with Gasteiger partial charge in [0.25, 0.3) is 5.56 Å². The second-order valence-corrected chi connectivity index (χ2v) is 8.57. The quantitative estimate of drug-likeness (QED) is 0.374. The van der Waals surface area contributed by atoms with Crippen LogP contribution in [0.3, 0.4) is 0 Å². The first-order valence-electron chi connectivity index (χ1n) is 11.9. The lowest BCUT2D eigenvalue weighted by molar-refractivity contribution is -0.0460. The molecular weight excluding hydrogens is 384 g/mol. The molecule has 7 heteroatoms. The molecule has 1 aromatic heterocycles. The molecule has 30 heavy (non-hydrogen) atoms. The lowest BCUT2D eigenvalue weighted by atomic mass is 10.0. The highest BCUT2D eigenvalue weighted by Gasteiger charge is 2.35. The van der Waals surface area contributed by atoms with Gasteiger partial charge in [0.1, 0.15) is 12.3 Å². The van der Waals surface area contributed by atoms with Gasteiger partial charge >= 0.3 is 5.69 Å². The molecule has 1 aromatic rings. The summed E-state index contributed by atoms with van der Waals surface area (Å²) < 4.78 is 6.87. The molecule has 0 unspecified atom stereocenters. The van der Waals surface area contributed by atoms with Crippen molar-refractivity contribution in [3.63, 3.8) is 0 Å². The van der Waals surface area contributed by atoms with Crippen LogP contribution < -0.4 is 11.2 Å². The van der Waals surface area contributed by atoms with Crippen molar-refractivity contribution in [2.45, 2.75) is 115 Å². The van der Waals surface area contributed by atoms with E-state index in [1.807, 2.05) is 0 Å². The summed E-state index contributed by atoms with van der Waals surface area (Å²) in [5, 5.41) is 19.1. The molecule has 0 aromatic carbocycles. The van der Waals surface area contributed by atoms with Crippen LogP contribution in [0.1, 0.15) is 102 Å². The van der Waals surface area contributed by atoms with Gasteiger partial charge in [0.2, 0.25) is 0 Å². The van der Waals surface area contributed by atoms with Gasteiger partial charge in [0.05, 0.1) is 12.7 Å². The topological polar surface area (TPSA) is 105 Å². The number of aliphatic hydroxyl groups is 2. The van der Waals surface area contributed by atoms with E-state index in [0.717, 1.165) is 12.8 Å². The van der Waals surface area contributed by atoms with Crippen molar-refractivity contribution in [2.75, 3.05) is 6.61 Å². The molecule has 0 spiro atoms. The Kier molecular flexibility index (Phi) is 11.4. The predicted octanol–water partition coefficient (Wildman–Crippen LogP) is 3.42. The number of nitrogens with zero attached hydrogens (tertiary/aromatic N) is 1. The van der Waals surface area contributed by atoms with Gasteiger partial charge in [-0.05, 0) is 12.8 Å². The van der Waals surface area contributed by atoms with Crippen LogP contribution in [-0.4, -0.2) is 38.6 Å². The highest BCUT2D eigenvalue weighted by Crippen LogP contribution is 2.27. The molecule has 2 heterocycles. The zero-order chi connectivity index (χ0) is 21.8. The van der Waals surface area contributed by atoms with Crippen LogP contribution in [0.4, 0.5) is 0 Å². The monoisotopic (exact) mass is 424 g/mol. The number of ether oxygens (including phenoxy) is 1. The number of hydrogen-bond donors (Lipinski definition) is 3. The lowest BCUT2D eigenvalue weighted by Gasteiger charge is -2.15. The first-order chi connectivity index (χ1) is 14.6. The molecule has 0 radical (unpaired) electrons. The van der Waals surface area contributed by atoms with Crippen molar-refractivity contribution in [1.29, 1.82) is 0 Å². The molecule has 2 rings (SSSR count). The number of hydrogen-bond acceptors (Lipinski definition) is 5. The second kappa shape index (κ2) is 13.8. The van der Waals surface area contributed by atoms with Gasteiger partial charge < -0.3 is 14.9 Å². The van der Waals surface area contributed by atoms with E-state index < -0.39 is 24.1 Å². The molecule has 0 bridgehead atoms. The molecule has 1 saturated heterocycles. The van der Waals surface area contributed by atoms with Crippen molar-refractivity contribution in [1.82, 2.24) is 9.55 Å². The Bertz CT molecular complexity index is 714. The average molecular weight is 425 g/mol. The summed E-state index contributed by atoms with van der Waals surface area (Å²) in [4.78, 5) is 26.6. The van der Waals surface area contributed by atoms with Gasteiger partial charge in [-0.1, -0.05) is 77.6 Å². The molecule has 0 amide bonds. The molecule has 1 fully saturated rings.